The van der Waals surface area contributed by atoms with E-state index in [-0.39, 0.29) is 17.9 Å². The molecule has 1 fully saturated rings. The maximum Gasteiger partial charge on any atom is 0.329 e. The van der Waals surface area contributed by atoms with Crippen LogP contribution in [0.15, 0.2) is 58.1 Å². The summed E-state index contributed by atoms with van der Waals surface area (Å²) in [5.41, 5.74) is 2.49. The quantitative estimate of drug-likeness (QED) is 0.492. The van der Waals surface area contributed by atoms with Gasteiger partial charge in [0.2, 0.25) is 5.95 Å². The summed E-state index contributed by atoms with van der Waals surface area (Å²) in [5.74, 6) is 0.222. The van der Waals surface area contributed by atoms with Crippen LogP contribution >= 0.6 is 0 Å². The Morgan fingerprint density at radius 1 is 1.00 bits per heavy atom. The van der Waals surface area contributed by atoms with Crippen molar-refractivity contribution in [3.8, 4) is 0 Å². The number of aromatic amines is 1. The second-order valence-corrected chi connectivity index (χ2v) is 8.83. The summed E-state index contributed by atoms with van der Waals surface area (Å²) in [6.45, 7) is 6.17. The lowest BCUT2D eigenvalue weighted by molar-refractivity contribution is 0.248. The van der Waals surface area contributed by atoms with Crippen LogP contribution in [0.4, 0.5) is 10.3 Å². The van der Waals surface area contributed by atoms with Gasteiger partial charge in [-0.3, -0.25) is 23.8 Å². The average molecular weight is 463 g/mol. The molecule has 0 spiro atoms. The van der Waals surface area contributed by atoms with Gasteiger partial charge in [0, 0.05) is 45.3 Å². The van der Waals surface area contributed by atoms with Gasteiger partial charge in [0.05, 0.1) is 6.54 Å². The molecule has 2 aromatic heterocycles. The average Bonchev–Trinajstić information content (AvgIpc) is 3.19. The van der Waals surface area contributed by atoms with E-state index in [4.69, 9.17) is 4.98 Å². The number of benzene rings is 2. The first-order valence-corrected chi connectivity index (χ1v) is 11.4. The van der Waals surface area contributed by atoms with Crippen LogP contribution in [0.3, 0.4) is 0 Å². The lowest BCUT2D eigenvalue weighted by Crippen LogP contribution is -2.47. The predicted molar refractivity (Wildman–Crippen MR) is 130 cm³/mol. The maximum absolute atomic E-state index is 14.5. The number of anilines is 1. The highest BCUT2D eigenvalue weighted by molar-refractivity contribution is 5.74. The largest absolute Gasteiger partial charge is 0.340 e. The summed E-state index contributed by atoms with van der Waals surface area (Å²) in [4.78, 5) is 36.5. The molecule has 2 aromatic carbocycles. The highest BCUT2D eigenvalue weighted by Gasteiger charge is 2.25. The standard InChI is InChI=1S/C25H27FN6O2/c1-17-6-5-7-18(14-17)15-30-10-12-31(13-11-30)24-27-22-21(23(33)28-25(34)29(22)2)32(24)16-19-8-3-4-9-20(19)26/h3-9,14H,10-13,15-16H2,1-2H3,(H,28,33,34). The lowest BCUT2D eigenvalue weighted by atomic mass is 10.1. The van der Waals surface area contributed by atoms with Gasteiger partial charge in [-0.1, -0.05) is 48.0 Å². The van der Waals surface area contributed by atoms with Gasteiger partial charge in [0.1, 0.15) is 5.82 Å². The summed E-state index contributed by atoms with van der Waals surface area (Å²) in [5, 5.41) is 0. The van der Waals surface area contributed by atoms with Gasteiger partial charge in [-0.05, 0) is 18.6 Å². The number of fused-ring (bicyclic) bond motifs is 1. The Labute approximate surface area is 195 Å². The van der Waals surface area contributed by atoms with Crippen LogP contribution in [0.1, 0.15) is 16.7 Å². The van der Waals surface area contributed by atoms with Crippen molar-refractivity contribution in [1.29, 1.82) is 0 Å². The minimum absolute atomic E-state index is 0.142. The number of rotatable bonds is 5. The molecule has 1 saturated heterocycles. The van der Waals surface area contributed by atoms with Crippen LogP contribution in [-0.2, 0) is 20.1 Å². The van der Waals surface area contributed by atoms with Crippen molar-refractivity contribution in [3.63, 3.8) is 0 Å². The summed E-state index contributed by atoms with van der Waals surface area (Å²) in [7, 11) is 1.57. The fourth-order valence-corrected chi connectivity index (χ4v) is 4.59. The van der Waals surface area contributed by atoms with E-state index >= 15 is 0 Å². The molecule has 0 bridgehead atoms. The molecule has 4 aromatic rings. The Morgan fingerprint density at radius 3 is 2.50 bits per heavy atom. The van der Waals surface area contributed by atoms with Gasteiger partial charge in [-0.2, -0.15) is 4.98 Å². The van der Waals surface area contributed by atoms with Crippen molar-refractivity contribution in [3.05, 3.63) is 91.9 Å². The molecule has 0 unspecified atom stereocenters. The van der Waals surface area contributed by atoms with Crippen LogP contribution < -0.4 is 16.1 Å². The van der Waals surface area contributed by atoms with Crippen molar-refractivity contribution in [2.45, 2.75) is 20.0 Å². The molecule has 0 atom stereocenters. The number of imidazole rings is 1. The molecule has 0 saturated carbocycles. The molecule has 176 valence electrons. The zero-order valence-electron chi connectivity index (χ0n) is 19.3. The summed E-state index contributed by atoms with van der Waals surface area (Å²) < 4.78 is 17.5. The van der Waals surface area contributed by atoms with Gasteiger partial charge in [-0.25, -0.2) is 9.18 Å². The summed E-state index contributed by atoms with van der Waals surface area (Å²) in [6.07, 6.45) is 0. The number of piperazine rings is 1. The fourth-order valence-electron chi connectivity index (χ4n) is 4.59. The normalized spacial score (nSPS) is 14.7. The van der Waals surface area contributed by atoms with Crippen molar-refractivity contribution < 1.29 is 4.39 Å². The van der Waals surface area contributed by atoms with Crippen LogP contribution in [0.25, 0.3) is 11.2 Å². The number of aromatic nitrogens is 4. The fraction of sp³-hybridized carbons (Fsp3) is 0.320. The Kier molecular flexibility index (Phi) is 5.79. The molecule has 1 aliphatic rings. The molecule has 3 heterocycles. The van der Waals surface area contributed by atoms with Crippen LogP contribution in [0.5, 0.6) is 0 Å². The highest BCUT2D eigenvalue weighted by Crippen LogP contribution is 2.23. The van der Waals surface area contributed by atoms with E-state index in [1.807, 2.05) is 0 Å². The van der Waals surface area contributed by atoms with Gasteiger partial charge in [0.25, 0.3) is 5.56 Å². The predicted octanol–water partition coefficient (Wildman–Crippen LogP) is 2.24. The Morgan fingerprint density at radius 2 is 1.76 bits per heavy atom. The SMILES string of the molecule is Cc1cccc(CN2CCN(c3nc4c(c(=O)[nH]c(=O)n4C)n3Cc3ccccc3F)CC2)c1. The van der Waals surface area contributed by atoms with E-state index in [0.717, 1.165) is 19.6 Å². The Hall–Kier alpha value is -3.72. The lowest BCUT2D eigenvalue weighted by Gasteiger charge is -2.35. The minimum Gasteiger partial charge on any atom is -0.340 e. The molecule has 1 N–H and O–H groups in total. The first kappa shape index (κ1) is 22.1. The van der Waals surface area contributed by atoms with Crippen molar-refractivity contribution in [2.75, 3.05) is 31.1 Å². The molecule has 0 radical (unpaired) electrons. The van der Waals surface area contributed by atoms with E-state index in [2.05, 4.69) is 46.0 Å². The van der Waals surface area contributed by atoms with E-state index in [1.165, 1.54) is 21.8 Å². The number of H-pyrrole nitrogens is 1. The van der Waals surface area contributed by atoms with Crippen LogP contribution in [0.2, 0.25) is 0 Å². The molecule has 0 amide bonds. The van der Waals surface area contributed by atoms with Gasteiger partial charge < -0.3 is 4.90 Å². The molecular formula is C25H27FN6O2. The first-order chi connectivity index (χ1) is 16.4. The number of nitrogens with zero attached hydrogens (tertiary/aromatic N) is 5. The van der Waals surface area contributed by atoms with E-state index in [1.54, 1.807) is 29.8 Å². The number of hydrogen-bond acceptors (Lipinski definition) is 5. The summed E-state index contributed by atoms with van der Waals surface area (Å²) >= 11 is 0. The second kappa shape index (κ2) is 8.90. The molecule has 1 aliphatic heterocycles. The van der Waals surface area contributed by atoms with Gasteiger partial charge in [0.15, 0.2) is 11.2 Å². The van der Waals surface area contributed by atoms with Crippen molar-refractivity contribution >= 4 is 17.1 Å². The zero-order chi connectivity index (χ0) is 23.8. The number of hydrogen-bond donors (Lipinski definition) is 1. The second-order valence-electron chi connectivity index (χ2n) is 8.83. The zero-order valence-corrected chi connectivity index (χ0v) is 19.3. The van der Waals surface area contributed by atoms with E-state index in [0.29, 0.717) is 30.2 Å². The third-order valence-corrected chi connectivity index (χ3v) is 6.42. The van der Waals surface area contributed by atoms with Gasteiger partial charge >= 0.3 is 5.69 Å². The molecule has 9 heteroatoms. The Balaban J connectivity index is 1.47. The van der Waals surface area contributed by atoms with E-state index < -0.39 is 11.2 Å². The van der Waals surface area contributed by atoms with Crippen molar-refractivity contribution in [2.24, 2.45) is 7.05 Å². The maximum atomic E-state index is 14.5. The topological polar surface area (TPSA) is 79.2 Å². The molecule has 8 nitrogen and oxygen atoms in total. The molecule has 34 heavy (non-hydrogen) atoms. The minimum atomic E-state index is -0.525. The van der Waals surface area contributed by atoms with Crippen LogP contribution in [0, 0.1) is 12.7 Å². The first-order valence-electron chi connectivity index (χ1n) is 11.4. The van der Waals surface area contributed by atoms with Crippen LogP contribution in [-0.4, -0.2) is 50.2 Å². The molecule has 0 aliphatic carbocycles. The highest BCUT2D eigenvalue weighted by atomic mass is 19.1. The van der Waals surface area contributed by atoms with Crippen molar-refractivity contribution in [1.82, 2.24) is 24.0 Å². The van der Waals surface area contributed by atoms with Gasteiger partial charge in [-0.15, -0.1) is 0 Å². The third kappa shape index (κ3) is 4.14. The van der Waals surface area contributed by atoms with E-state index in [9.17, 15) is 14.0 Å². The molecular weight excluding hydrogens is 435 g/mol. The number of nitrogens with one attached hydrogen (secondary N) is 1. The number of aryl methyl sites for hydroxylation is 2. The monoisotopic (exact) mass is 462 g/mol. The third-order valence-electron chi connectivity index (χ3n) is 6.42. The molecule has 5 rings (SSSR count). The number of halogens is 1. The Bertz CT molecular complexity index is 1460. The summed E-state index contributed by atoms with van der Waals surface area (Å²) in [6, 6.07) is 15.0. The smallest absolute Gasteiger partial charge is 0.329 e.